The number of aliphatic hydroxyl groups excluding tert-OH is 3. The Kier molecular flexibility index (Phi) is 8.53. The van der Waals surface area contributed by atoms with Gasteiger partial charge in [-0.25, -0.2) is 13.6 Å². The number of hydrogen-bond acceptors (Lipinski definition) is 8. The second kappa shape index (κ2) is 12.1. The summed E-state index contributed by atoms with van der Waals surface area (Å²) in [6.07, 6.45) is -9.75. The van der Waals surface area contributed by atoms with Crippen molar-refractivity contribution in [1.82, 2.24) is 0 Å². The van der Waals surface area contributed by atoms with E-state index in [-0.39, 0.29) is 24.5 Å². The number of aromatic hydroxyl groups is 1. The van der Waals surface area contributed by atoms with Crippen LogP contribution < -0.4 is 4.90 Å². The molecule has 2 saturated heterocycles. The number of nitrogens with zero attached hydrogens (tertiary/aromatic N) is 1. The first kappa shape index (κ1) is 29.5. The van der Waals surface area contributed by atoms with Gasteiger partial charge in [-0.3, -0.25) is 4.79 Å². The summed E-state index contributed by atoms with van der Waals surface area (Å²) in [5, 5.41) is 49.9. The number of anilines is 1. The molecule has 12 heteroatoms. The molecular weight excluding hydrogens is 556 g/mol. The van der Waals surface area contributed by atoms with Crippen LogP contribution >= 0.6 is 0 Å². The number of ether oxygens (including phenoxy) is 2. The van der Waals surface area contributed by atoms with Gasteiger partial charge in [-0.1, -0.05) is 24.3 Å². The molecule has 0 aromatic heterocycles. The number of phenolic OH excluding ortho intramolecular Hbond substituents is 1. The van der Waals surface area contributed by atoms with Crippen LogP contribution in [0.5, 0.6) is 5.75 Å². The van der Waals surface area contributed by atoms with E-state index in [9.17, 15) is 43.9 Å². The number of phenols is 1. The van der Waals surface area contributed by atoms with Crippen LogP contribution in [-0.2, 0) is 19.1 Å². The topological polar surface area (TPSA) is 157 Å². The fourth-order valence-corrected chi connectivity index (χ4v) is 5.42. The summed E-state index contributed by atoms with van der Waals surface area (Å²) in [7, 11) is 0. The highest BCUT2D eigenvalue weighted by atomic mass is 19.1. The average Bonchev–Trinajstić information content (AvgIpc) is 2.97. The summed E-state index contributed by atoms with van der Waals surface area (Å²) in [4.78, 5) is 26.5. The largest absolute Gasteiger partial charge is 0.508 e. The van der Waals surface area contributed by atoms with Crippen molar-refractivity contribution in [3.05, 3.63) is 95.6 Å². The molecule has 0 aliphatic carbocycles. The minimum atomic E-state index is -1.90. The molecule has 2 heterocycles. The minimum Gasteiger partial charge on any atom is -0.508 e. The van der Waals surface area contributed by atoms with Gasteiger partial charge in [0.1, 0.15) is 35.7 Å². The number of carboxylic acid groups (broad SMARTS) is 1. The lowest BCUT2D eigenvalue weighted by molar-refractivity contribution is -0.306. The number of carbonyl (C=O) groups excluding carboxylic acids is 1. The van der Waals surface area contributed by atoms with Gasteiger partial charge in [-0.15, -0.1) is 0 Å². The molecule has 3 aromatic rings. The van der Waals surface area contributed by atoms with Gasteiger partial charge in [-0.2, -0.15) is 0 Å². The van der Waals surface area contributed by atoms with E-state index in [1.165, 1.54) is 65.6 Å². The van der Waals surface area contributed by atoms with Crippen molar-refractivity contribution in [1.29, 1.82) is 0 Å². The highest BCUT2D eigenvalue weighted by Crippen LogP contribution is 2.47. The van der Waals surface area contributed by atoms with Crippen molar-refractivity contribution in [3.63, 3.8) is 0 Å². The molecule has 8 atom stereocenters. The summed E-state index contributed by atoms with van der Waals surface area (Å²) >= 11 is 0. The first-order valence-electron chi connectivity index (χ1n) is 13.3. The van der Waals surface area contributed by atoms with E-state index in [0.717, 1.165) is 0 Å². The Morgan fingerprint density at radius 1 is 0.881 bits per heavy atom. The smallest absolute Gasteiger partial charge is 0.335 e. The molecular formula is C30H29F2NO9. The minimum absolute atomic E-state index is 0.0390. The SMILES string of the molecule is O=C(O)[C@@H]1O[C@@H](O[C@@H](CC[C@H]2C(=O)N(c3ccc(F)cc3)[C@@H]2c2ccc(O)cc2)c2ccc(F)cc2)[C@@H](O)[C@@H](O)[C@@H]1O. The van der Waals surface area contributed by atoms with Gasteiger partial charge < -0.3 is 39.9 Å². The summed E-state index contributed by atoms with van der Waals surface area (Å²) in [5.41, 5.74) is 1.63. The van der Waals surface area contributed by atoms with Crippen molar-refractivity contribution < 1.29 is 53.4 Å². The monoisotopic (exact) mass is 585 g/mol. The van der Waals surface area contributed by atoms with Gasteiger partial charge in [-0.05, 0) is 72.5 Å². The van der Waals surface area contributed by atoms with Crippen LogP contribution in [0.15, 0.2) is 72.8 Å². The van der Waals surface area contributed by atoms with E-state index in [4.69, 9.17) is 9.47 Å². The van der Waals surface area contributed by atoms with Crippen LogP contribution in [0.4, 0.5) is 14.5 Å². The fraction of sp³-hybridized carbons (Fsp3) is 0.333. The van der Waals surface area contributed by atoms with Crippen LogP contribution in [0.3, 0.4) is 0 Å². The number of benzene rings is 3. The summed E-state index contributed by atoms with van der Waals surface area (Å²) < 4.78 is 38.5. The van der Waals surface area contributed by atoms with Crippen molar-refractivity contribution in [2.45, 2.75) is 55.7 Å². The molecule has 42 heavy (non-hydrogen) atoms. The second-order valence-corrected chi connectivity index (χ2v) is 10.3. The van der Waals surface area contributed by atoms with Crippen LogP contribution in [-0.4, -0.2) is 68.1 Å². The number of aliphatic hydroxyl groups is 3. The first-order valence-corrected chi connectivity index (χ1v) is 13.3. The Balaban J connectivity index is 1.40. The molecule has 2 fully saturated rings. The van der Waals surface area contributed by atoms with Crippen LogP contribution in [0.1, 0.15) is 36.1 Å². The quantitative estimate of drug-likeness (QED) is 0.238. The molecule has 5 rings (SSSR count). The maximum absolute atomic E-state index is 13.7. The van der Waals surface area contributed by atoms with Crippen molar-refractivity contribution >= 4 is 17.6 Å². The molecule has 0 spiro atoms. The predicted molar refractivity (Wildman–Crippen MR) is 142 cm³/mol. The zero-order chi connectivity index (χ0) is 30.1. The Labute approximate surface area is 239 Å². The number of β-lactam (4-membered cyclic amide) rings is 1. The van der Waals surface area contributed by atoms with Crippen LogP contribution in [0.25, 0.3) is 0 Å². The molecule has 5 N–H and O–H groups in total. The van der Waals surface area contributed by atoms with Gasteiger partial charge in [0.25, 0.3) is 0 Å². The highest BCUT2D eigenvalue weighted by Gasteiger charge is 2.50. The fourth-order valence-electron chi connectivity index (χ4n) is 5.42. The number of carbonyl (C=O) groups is 2. The zero-order valence-corrected chi connectivity index (χ0v) is 22.0. The zero-order valence-electron chi connectivity index (χ0n) is 22.0. The van der Waals surface area contributed by atoms with E-state index in [2.05, 4.69) is 0 Å². The number of halogens is 2. The molecule has 0 radical (unpaired) electrons. The summed E-state index contributed by atoms with van der Waals surface area (Å²) in [6, 6.07) is 16.5. The Hall–Kier alpha value is -3.94. The standard InChI is InChI=1S/C30H29F2NO9/c31-17-5-1-15(2-6-17)22(41-30-26(37)24(35)25(36)27(42-30)29(39)40)14-13-21-23(16-3-11-20(34)12-4-16)33(28(21)38)19-9-7-18(32)8-10-19/h1-12,21-27,30,34-37H,13-14H2,(H,39,40)/t21-,22+,23-,24+,25+,26+,27-,30-/m1/s1. The molecule has 1 amide bonds. The molecule has 0 bridgehead atoms. The van der Waals surface area contributed by atoms with Crippen LogP contribution in [0, 0.1) is 17.6 Å². The van der Waals surface area contributed by atoms with Crippen molar-refractivity contribution in [2.24, 2.45) is 5.92 Å². The number of rotatable bonds is 9. The highest BCUT2D eigenvalue weighted by molar-refractivity contribution is 6.03. The third kappa shape index (κ3) is 5.85. The normalized spacial score (nSPS) is 28.3. The molecule has 10 nitrogen and oxygen atoms in total. The lowest BCUT2D eigenvalue weighted by Crippen LogP contribution is -2.60. The number of amides is 1. The second-order valence-electron chi connectivity index (χ2n) is 10.3. The lowest BCUT2D eigenvalue weighted by atomic mass is 9.78. The van der Waals surface area contributed by atoms with Crippen molar-refractivity contribution in [2.75, 3.05) is 4.90 Å². The third-order valence-electron chi connectivity index (χ3n) is 7.65. The number of carboxylic acids is 1. The van der Waals surface area contributed by atoms with Gasteiger partial charge in [0.2, 0.25) is 5.91 Å². The molecule has 2 aliphatic heterocycles. The van der Waals surface area contributed by atoms with Gasteiger partial charge >= 0.3 is 5.97 Å². The van der Waals surface area contributed by atoms with Gasteiger partial charge in [0.05, 0.1) is 18.1 Å². The summed E-state index contributed by atoms with van der Waals surface area (Å²) in [6.45, 7) is 0. The third-order valence-corrected chi connectivity index (χ3v) is 7.65. The Morgan fingerprint density at radius 2 is 1.48 bits per heavy atom. The molecule has 3 aromatic carbocycles. The molecule has 222 valence electrons. The Morgan fingerprint density at radius 3 is 2.07 bits per heavy atom. The van der Waals surface area contributed by atoms with Crippen LogP contribution in [0.2, 0.25) is 0 Å². The van der Waals surface area contributed by atoms with E-state index in [1.807, 2.05) is 0 Å². The van der Waals surface area contributed by atoms with Gasteiger partial charge in [0.15, 0.2) is 12.4 Å². The maximum Gasteiger partial charge on any atom is 0.335 e. The molecule has 2 aliphatic rings. The lowest BCUT2D eigenvalue weighted by Gasteiger charge is -2.48. The van der Waals surface area contributed by atoms with E-state index < -0.39 is 66.4 Å². The number of hydrogen-bond donors (Lipinski definition) is 5. The molecule has 0 saturated carbocycles. The predicted octanol–water partition coefficient (Wildman–Crippen LogP) is 2.80. The van der Waals surface area contributed by atoms with E-state index in [0.29, 0.717) is 16.8 Å². The first-order chi connectivity index (χ1) is 20.0. The van der Waals surface area contributed by atoms with Crippen molar-refractivity contribution in [3.8, 4) is 5.75 Å². The van der Waals surface area contributed by atoms with E-state index in [1.54, 1.807) is 12.1 Å². The number of aliphatic carboxylic acids is 1. The maximum atomic E-state index is 13.7. The Bertz CT molecular complexity index is 1400. The average molecular weight is 586 g/mol. The summed E-state index contributed by atoms with van der Waals surface area (Å²) in [5.74, 6) is -3.36. The van der Waals surface area contributed by atoms with E-state index >= 15 is 0 Å². The van der Waals surface area contributed by atoms with Gasteiger partial charge in [0, 0.05) is 5.69 Å². The molecule has 0 unspecified atom stereocenters.